The molecule has 0 atom stereocenters. The van der Waals surface area contributed by atoms with E-state index >= 15 is 0 Å². The summed E-state index contributed by atoms with van der Waals surface area (Å²) < 4.78 is 28.0. The summed E-state index contributed by atoms with van der Waals surface area (Å²) in [6.45, 7) is 1.30. The third-order valence-corrected chi connectivity index (χ3v) is 4.74. The Kier molecular flexibility index (Phi) is 4.33. The lowest BCUT2D eigenvalue weighted by molar-refractivity contribution is 0.169. The lowest BCUT2D eigenvalue weighted by Gasteiger charge is -2.30. The first-order valence-corrected chi connectivity index (χ1v) is 7.39. The Bertz CT molecular complexity index is 451. The summed E-state index contributed by atoms with van der Waals surface area (Å²) in [7, 11) is -3.43. The van der Waals surface area contributed by atoms with Gasteiger partial charge in [-0.05, 0) is 18.8 Å². The van der Waals surface area contributed by atoms with Crippen molar-refractivity contribution in [1.29, 1.82) is 0 Å². The number of rotatable bonds is 5. The topological polar surface area (TPSA) is 98.3 Å². The average Bonchev–Trinajstić information content (AvgIpc) is 2.90. The van der Waals surface area contributed by atoms with E-state index in [0.717, 1.165) is 5.56 Å². The number of aliphatic hydroxyl groups excluding tert-OH is 1. The molecule has 0 radical (unpaired) electrons. The molecular weight excluding hydrogens is 256 g/mol. The van der Waals surface area contributed by atoms with Crippen molar-refractivity contribution in [2.45, 2.75) is 19.4 Å². The summed E-state index contributed by atoms with van der Waals surface area (Å²) in [6, 6.07) is 0. The molecule has 1 saturated heterocycles. The molecule has 0 amide bonds. The smallest absolute Gasteiger partial charge is 0.279 e. The summed E-state index contributed by atoms with van der Waals surface area (Å²) in [5.41, 5.74) is 0.795. The van der Waals surface area contributed by atoms with E-state index in [0.29, 0.717) is 25.9 Å². The highest BCUT2D eigenvalue weighted by molar-refractivity contribution is 7.87. The van der Waals surface area contributed by atoms with Crippen LogP contribution in [0.15, 0.2) is 12.4 Å². The van der Waals surface area contributed by atoms with Crippen LogP contribution in [0.1, 0.15) is 18.4 Å². The predicted octanol–water partition coefficient (Wildman–Crippen LogP) is -0.552. The second-order valence-corrected chi connectivity index (χ2v) is 6.21. The molecule has 2 rings (SSSR count). The van der Waals surface area contributed by atoms with Crippen LogP contribution < -0.4 is 4.72 Å². The number of nitrogens with one attached hydrogen (secondary N) is 2. The highest BCUT2D eigenvalue weighted by atomic mass is 32.2. The molecule has 8 heteroatoms. The van der Waals surface area contributed by atoms with E-state index in [1.807, 2.05) is 0 Å². The van der Waals surface area contributed by atoms with Gasteiger partial charge in [0.1, 0.15) is 0 Å². The first-order valence-electron chi connectivity index (χ1n) is 5.95. The Hall–Kier alpha value is -0.960. The van der Waals surface area contributed by atoms with Crippen LogP contribution in [0.2, 0.25) is 0 Å². The first-order chi connectivity index (χ1) is 8.62. The number of nitrogens with zero attached hydrogens (tertiary/aromatic N) is 2. The Morgan fingerprint density at radius 2 is 2.22 bits per heavy atom. The number of H-pyrrole nitrogens is 1. The lowest BCUT2D eigenvalue weighted by atomic mass is 10.00. The molecule has 1 fully saturated rings. The summed E-state index contributed by atoms with van der Waals surface area (Å²) >= 11 is 0. The molecule has 18 heavy (non-hydrogen) atoms. The molecular formula is C10H18N4O3S. The highest BCUT2D eigenvalue weighted by Gasteiger charge is 2.27. The number of hydrogen-bond donors (Lipinski definition) is 3. The van der Waals surface area contributed by atoms with Crippen molar-refractivity contribution in [1.82, 2.24) is 19.2 Å². The van der Waals surface area contributed by atoms with E-state index in [1.165, 1.54) is 4.31 Å². The summed E-state index contributed by atoms with van der Waals surface area (Å²) in [5.74, 6) is 0.227. The van der Waals surface area contributed by atoms with Gasteiger partial charge in [-0.1, -0.05) is 0 Å². The number of aromatic amines is 1. The molecule has 3 N–H and O–H groups in total. The van der Waals surface area contributed by atoms with Gasteiger partial charge in [0.25, 0.3) is 10.2 Å². The van der Waals surface area contributed by atoms with Crippen molar-refractivity contribution >= 4 is 10.2 Å². The number of aliphatic hydroxyl groups is 1. The fourth-order valence-electron chi connectivity index (χ4n) is 1.97. The molecule has 7 nitrogen and oxygen atoms in total. The predicted molar refractivity (Wildman–Crippen MR) is 65.7 cm³/mol. The van der Waals surface area contributed by atoms with Crippen LogP contribution in [0.5, 0.6) is 0 Å². The molecule has 2 heterocycles. The van der Waals surface area contributed by atoms with Crippen LogP contribution >= 0.6 is 0 Å². The highest BCUT2D eigenvalue weighted by Crippen LogP contribution is 2.18. The maximum Gasteiger partial charge on any atom is 0.279 e. The first kappa shape index (κ1) is 13.5. The van der Waals surface area contributed by atoms with Crippen LogP contribution in [0.4, 0.5) is 0 Å². The zero-order chi connectivity index (χ0) is 13.0. The van der Waals surface area contributed by atoms with Gasteiger partial charge in [-0.2, -0.15) is 22.5 Å². The zero-order valence-corrected chi connectivity index (χ0v) is 10.9. The van der Waals surface area contributed by atoms with Crippen LogP contribution in [0, 0.1) is 5.92 Å². The fourth-order valence-corrected chi connectivity index (χ4v) is 3.20. The minimum Gasteiger partial charge on any atom is -0.396 e. The zero-order valence-electron chi connectivity index (χ0n) is 10.0. The Balaban J connectivity index is 1.87. The molecule has 1 aromatic heterocycles. The summed E-state index contributed by atoms with van der Waals surface area (Å²) in [5, 5.41) is 15.4. The van der Waals surface area contributed by atoms with Gasteiger partial charge in [0, 0.05) is 38.0 Å². The van der Waals surface area contributed by atoms with E-state index < -0.39 is 10.2 Å². The molecule has 0 aliphatic carbocycles. The third-order valence-electron chi connectivity index (χ3n) is 3.19. The SMILES string of the molecule is O=S(=O)(NCc1cn[nH]c1)N1CCC(CO)CC1. The molecule has 102 valence electrons. The molecule has 0 bridgehead atoms. The van der Waals surface area contributed by atoms with Crippen LogP contribution in [0.3, 0.4) is 0 Å². The fraction of sp³-hybridized carbons (Fsp3) is 0.700. The van der Waals surface area contributed by atoms with Crippen LogP contribution in [-0.4, -0.2) is 47.7 Å². The number of aromatic nitrogens is 2. The summed E-state index contributed by atoms with van der Waals surface area (Å²) in [4.78, 5) is 0. The van der Waals surface area contributed by atoms with Gasteiger partial charge < -0.3 is 5.11 Å². The van der Waals surface area contributed by atoms with E-state index in [1.54, 1.807) is 12.4 Å². The second kappa shape index (κ2) is 5.79. The Morgan fingerprint density at radius 1 is 1.50 bits per heavy atom. The van der Waals surface area contributed by atoms with Gasteiger partial charge in [-0.25, -0.2) is 0 Å². The van der Waals surface area contributed by atoms with Crippen molar-refractivity contribution in [3.63, 3.8) is 0 Å². The van der Waals surface area contributed by atoms with Gasteiger partial charge in [0.15, 0.2) is 0 Å². The van der Waals surface area contributed by atoms with Crippen molar-refractivity contribution in [3.8, 4) is 0 Å². The third kappa shape index (κ3) is 3.29. The average molecular weight is 274 g/mol. The molecule has 1 aromatic rings. The standard InChI is InChI=1S/C10H18N4O3S/c15-8-9-1-3-14(4-2-9)18(16,17)13-7-10-5-11-12-6-10/h5-6,9,13,15H,1-4,7-8H2,(H,11,12). The maximum absolute atomic E-state index is 12.0. The van der Waals surface area contributed by atoms with Gasteiger partial charge in [0.2, 0.25) is 0 Å². The van der Waals surface area contributed by atoms with Gasteiger partial charge >= 0.3 is 0 Å². The Labute approximate surface area is 106 Å². The van der Waals surface area contributed by atoms with Crippen LogP contribution in [0.25, 0.3) is 0 Å². The quantitative estimate of drug-likeness (QED) is 0.671. The van der Waals surface area contributed by atoms with Crippen molar-refractivity contribution in [2.24, 2.45) is 5.92 Å². The maximum atomic E-state index is 12.0. The largest absolute Gasteiger partial charge is 0.396 e. The molecule has 0 spiro atoms. The van der Waals surface area contributed by atoms with Crippen molar-refractivity contribution in [3.05, 3.63) is 18.0 Å². The van der Waals surface area contributed by atoms with Crippen molar-refractivity contribution < 1.29 is 13.5 Å². The van der Waals surface area contributed by atoms with Gasteiger partial charge in [-0.15, -0.1) is 0 Å². The van der Waals surface area contributed by atoms with Crippen molar-refractivity contribution in [2.75, 3.05) is 19.7 Å². The minimum absolute atomic E-state index is 0.135. The van der Waals surface area contributed by atoms with E-state index in [9.17, 15) is 8.42 Å². The number of piperidine rings is 1. The van der Waals surface area contributed by atoms with Crippen LogP contribution in [-0.2, 0) is 16.8 Å². The molecule has 1 aliphatic heterocycles. The normalized spacial score (nSPS) is 19.2. The van der Waals surface area contributed by atoms with E-state index in [2.05, 4.69) is 14.9 Å². The molecule has 0 aromatic carbocycles. The minimum atomic E-state index is -3.43. The van der Waals surface area contributed by atoms with E-state index in [4.69, 9.17) is 5.11 Å². The molecule has 0 unspecified atom stereocenters. The second-order valence-electron chi connectivity index (χ2n) is 4.46. The van der Waals surface area contributed by atoms with E-state index in [-0.39, 0.29) is 19.1 Å². The number of hydrogen-bond acceptors (Lipinski definition) is 4. The molecule has 1 aliphatic rings. The summed E-state index contributed by atoms with van der Waals surface area (Å²) in [6.07, 6.45) is 4.66. The van der Waals surface area contributed by atoms with Gasteiger partial charge in [0.05, 0.1) is 6.20 Å². The lowest BCUT2D eigenvalue weighted by Crippen LogP contribution is -2.45. The Morgan fingerprint density at radius 3 is 2.78 bits per heavy atom. The monoisotopic (exact) mass is 274 g/mol. The molecule has 0 saturated carbocycles. The van der Waals surface area contributed by atoms with Gasteiger partial charge in [-0.3, -0.25) is 5.10 Å².